The summed E-state index contributed by atoms with van der Waals surface area (Å²) >= 11 is 7.25. The summed E-state index contributed by atoms with van der Waals surface area (Å²) in [5.41, 5.74) is 1.88. The van der Waals surface area contributed by atoms with Crippen LogP contribution in [0.3, 0.4) is 0 Å². The lowest BCUT2D eigenvalue weighted by Gasteiger charge is -1.98. The summed E-state index contributed by atoms with van der Waals surface area (Å²) in [6.07, 6.45) is 1.75. The van der Waals surface area contributed by atoms with Crippen molar-refractivity contribution in [3.63, 3.8) is 0 Å². The molecular weight excluding hydrogens is 232 g/mol. The van der Waals surface area contributed by atoms with Gasteiger partial charge < -0.3 is 4.74 Å². The standard InChI is InChI=1S/C10H9ClN2OS/c1-14-9-3-2-7(5-12-9)10-13-8(4-11)6-15-10/h2-3,5-6H,4H2,1H3. The molecule has 2 heterocycles. The van der Waals surface area contributed by atoms with Gasteiger partial charge in [0, 0.05) is 23.2 Å². The molecule has 0 amide bonds. The van der Waals surface area contributed by atoms with Gasteiger partial charge in [0.25, 0.3) is 0 Å². The molecule has 0 aromatic carbocycles. The molecule has 2 aromatic rings. The molecule has 15 heavy (non-hydrogen) atoms. The van der Waals surface area contributed by atoms with E-state index in [1.807, 2.05) is 17.5 Å². The zero-order valence-electron chi connectivity index (χ0n) is 8.11. The van der Waals surface area contributed by atoms with Gasteiger partial charge in [-0.3, -0.25) is 0 Å². The molecule has 0 aliphatic heterocycles. The summed E-state index contributed by atoms with van der Waals surface area (Å²) in [5.74, 6) is 1.05. The Labute approximate surface area is 96.7 Å². The second-order valence-electron chi connectivity index (χ2n) is 2.87. The van der Waals surface area contributed by atoms with Crippen molar-refractivity contribution in [2.75, 3.05) is 7.11 Å². The van der Waals surface area contributed by atoms with E-state index in [9.17, 15) is 0 Å². The topological polar surface area (TPSA) is 35.0 Å². The summed E-state index contributed by atoms with van der Waals surface area (Å²) in [4.78, 5) is 8.48. The fourth-order valence-electron chi connectivity index (χ4n) is 1.13. The fourth-order valence-corrected chi connectivity index (χ4v) is 2.17. The van der Waals surface area contributed by atoms with E-state index in [1.165, 1.54) is 0 Å². The van der Waals surface area contributed by atoms with Gasteiger partial charge in [0.05, 0.1) is 18.7 Å². The molecule has 0 radical (unpaired) electrons. The van der Waals surface area contributed by atoms with E-state index < -0.39 is 0 Å². The molecule has 0 aliphatic rings. The van der Waals surface area contributed by atoms with Crippen molar-refractivity contribution >= 4 is 22.9 Å². The number of nitrogens with zero attached hydrogens (tertiary/aromatic N) is 2. The molecule has 0 saturated heterocycles. The van der Waals surface area contributed by atoms with Crippen molar-refractivity contribution < 1.29 is 4.74 Å². The van der Waals surface area contributed by atoms with E-state index in [4.69, 9.17) is 16.3 Å². The first-order chi connectivity index (χ1) is 7.33. The van der Waals surface area contributed by atoms with Gasteiger partial charge in [0.2, 0.25) is 5.88 Å². The highest BCUT2D eigenvalue weighted by molar-refractivity contribution is 7.13. The van der Waals surface area contributed by atoms with Gasteiger partial charge in [-0.05, 0) is 6.07 Å². The van der Waals surface area contributed by atoms with Crippen LogP contribution >= 0.6 is 22.9 Å². The summed E-state index contributed by atoms with van der Waals surface area (Å²) < 4.78 is 4.98. The molecule has 0 N–H and O–H groups in total. The number of methoxy groups -OCH3 is 1. The maximum Gasteiger partial charge on any atom is 0.212 e. The highest BCUT2D eigenvalue weighted by Gasteiger charge is 2.04. The molecule has 3 nitrogen and oxygen atoms in total. The van der Waals surface area contributed by atoms with Gasteiger partial charge in [0.15, 0.2) is 0 Å². The molecule has 2 rings (SSSR count). The summed E-state index contributed by atoms with van der Waals surface area (Å²) in [6.45, 7) is 0. The maximum absolute atomic E-state index is 5.68. The van der Waals surface area contributed by atoms with Gasteiger partial charge in [0.1, 0.15) is 5.01 Å². The lowest BCUT2D eigenvalue weighted by Crippen LogP contribution is -1.87. The van der Waals surface area contributed by atoms with Crippen LogP contribution < -0.4 is 4.74 Å². The highest BCUT2D eigenvalue weighted by Crippen LogP contribution is 2.24. The normalized spacial score (nSPS) is 10.3. The molecule has 0 atom stereocenters. The average Bonchev–Trinajstić information content (AvgIpc) is 2.78. The van der Waals surface area contributed by atoms with Gasteiger partial charge in [-0.15, -0.1) is 22.9 Å². The predicted molar refractivity (Wildman–Crippen MR) is 61.5 cm³/mol. The molecule has 5 heteroatoms. The second-order valence-corrected chi connectivity index (χ2v) is 3.99. The van der Waals surface area contributed by atoms with E-state index in [-0.39, 0.29) is 0 Å². The van der Waals surface area contributed by atoms with Crippen LogP contribution in [0.1, 0.15) is 5.69 Å². The fraction of sp³-hybridized carbons (Fsp3) is 0.200. The van der Waals surface area contributed by atoms with Gasteiger partial charge in [-0.25, -0.2) is 9.97 Å². The Morgan fingerprint density at radius 1 is 1.47 bits per heavy atom. The van der Waals surface area contributed by atoms with Crippen LogP contribution in [0.2, 0.25) is 0 Å². The third-order valence-corrected chi connectivity index (χ3v) is 3.10. The molecule has 0 bridgehead atoms. The lowest BCUT2D eigenvalue weighted by atomic mass is 10.3. The number of pyridine rings is 1. The van der Waals surface area contributed by atoms with Crippen LogP contribution in [-0.4, -0.2) is 17.1 Å². The zero-order valence-corrected chi connectivity index (χ0v) is 9.68. The van der Waals surface area contributed by atoms with Crippen molar-refractivity contribution in [2.45, 2.75) is 5.88 Å². The molecule has 0 aliphatic carbocycles. The van der Waals surface area contributed by atoms with Crippen LogP contribution in [0, 0.1) is 0 Å². The second kappa shape index (κ2) is 4.59. The predicted octanol–water partition coefficient (Wildman–Crippen LogP) is 2.95. The van der Waals surface area contributed by atoms with E-state index in [1.54, 1.807) is 24.6 Å². The minimum absolute atomic E-state index is 0.445. The van der Waals surface area contributed by atoms with Crippen LogP contribution in [0.15, 0.2) is 23.7 Å². The molecular formula is C10H9ClN2OS. The monoisotopic (exact) mass is 240 g/mol. The van der Waals surface area contributed by atoms with Crippen LogP contribution in [0.5, 0.6) is 5.88 Å². The largest absolute Gasteiger partial charge is 0.481 e. The van der Waals surface area contributed by atoms with Crippen molar-refractivity contribution in [3.8, 4) is 16.5 Å². The number of rotatable bonds is 3. The first-order valence-electron chi connectivity index (χ1n) is 4.34. The number of thiazole rings is 1. The van der Waals surface area contributed by atoms with Gasteiger partial charge in [-0.2, -0.15) is 0 Å². The van der Waals surface area contributed by atoms with Crippen LogP contribution in [0.25, 0.3) is 10.6 Å². The number of aromatic nitrogens is 2. The summed E-state index contributed by atoms with van der Waals surface area (Å²) in [7, 11) is 1.59. The Balaban J connectivity index is 2.28. The van der Waals surface area contributed by atoms with Crippen molar-refractivity contribution in [2.24, 2.45) is 0 Å². The quantitative estimate of drug-likeness (QED) is 0.774. The first kappa shape index (κ1) is 10.4. The van der Waals surface area contributed by atoms with Crippen molar-refractivity contribution in [3.05, 3.63) is 29.4 Å². The zero-order chi connectivity index (χ0) is 10.7. The lowest BCUT2D eigenvalue weighted by molar-refractivity contribution is 0.398. The summed E-state index contributed by atoms with van der Waals surface area (Å²) in [5, 5.41) is 2.88. The number of hydrogen-bond acceptors (Lipinski definition) is 4. The number of ether oxygens (including phenoxy) is 1. The number of alkyl halides is 1. The number of hydrogen-bond donors (Lipinski definition) is 0. The smallest absolute Gasteiger partial charge is 0.212 e. The molecule has 0 spiro atoms. The molecule has 0 unspecified atom stereocenters. The Kier molecular flexibility index (Phi) is 3.18. The minimum Gasteiger partial charge on any atom is -0.481 e. The SMILES string of the molecule is COc1ccc(-c2nc(CCl)cs2)cn1. The Morgan fingerprint density at radius 2 is 2.33 bits per heavy atom. The van der Waals surface area contributed by atoms with E-state index in [2.05, 4.69) is 9.97 Å². The average molecular weight is 241 g/mol. The van der Waals surface area contributed by atoms with E-state index in [0.29, 0.717) is 11.8 Å². The summed E-state index contributed by atoms with van der Waals surface area (Å²) in [6, 6.07) is 3.75. The third-order valence-electron chi connectivity index (χ3n) is 1.88. The van der Waals surface area contributed by atoms with Crippen LogP contribution in [0.4, 0.5) is 0 Å². The minimum atomic E-state index is 0.445. The number of halogens is 1. The van der Waals surface area contributed by atoms with E-state index in [0.717, 1.165) is 16.3 Å². The highest BCUT2D eigenvalue weighted by atomic mass is 35.5. The Bertz CT molecular complexity index is 441. The Morgan fingerprint density at radius 3 is 2.87 bits per heavy atom. The van der Waals surface area contributed by atoms with Gasteiger partial charge in [-0.1, -0.05) is 0 Å². The molecule has 78 valence electrons. The van der Waals surface area contributed by atoms with Gasteiger partial charge >= 0.3 is 0 Å². The van der Waals surface area contributed by atoms with E-state index >= 15 is 0 Å². The molecule has 0 saturated carbocycles. The molecule has 0 fully saturated rings. The Hall–Kier alpha value is -1.13. The molecule has 2 aromatic heterocycles. The third kappa shape index (κ3) is 2.27. The van der Waals surface area contributed by atoms with Crippen molar-refractivity contribution in [1.82, 2.24) is 9.97 Å². The first-order valence-corrected chi connectivity index (χ1v) is 5.75. The van der Waals surface area contributed by atoms with Crippen molar-refractivity contribution in [1.29, 1.82) is 0 Å². The maximum atomic E-state index is 5.68. The van der Waals surface area contributed by atoms with Crippen LogP contribution in [-0.2, 0) is 5.88 Å².